The van der Waals surface area contributed by atoms with Crippen molar-refractivity contribution in [2.45, 2.75) is 58.7 Å². The van der Waals surface area contributed by atoms with Crippen LogP contribution in [-0.4, -0.2) is 33.8 Å². The lowest BCUT2D eigenvalue weighted by Gasteiger charge is -2.25. The van der Waals surface area contributed by atoms with Gasteiger partial charge < -0.3 is 10.6 Å². The van der Waals surface area contributed by atoms with E-state index in [-0.39, 0.29) is 0 Å². The molecule has 1 aliphatic rings. The van der Waals surface area contributed by atoms with Gasteiger partial charge in [-0.3, -0.25) is 4.99 Å². The smallest absolute Gasteiger partial charge is 0.191 e. The summed E-state index contributed by atoms with van der Waals surface area (Å²) in [6, 6.07) is 8.87. The van der Waals surface area contributed by atoms with E-state index >= 15 is 0 Å². The second kappa shape index (κ2) is 8.14. The van der Waals surface area contributed by atoms with E-state index in [1.54, 1.807) is 0 Å². The standard InChI is InChI=1S/C19H28N6/c1-4-14-8-6-7-9-15(14)12-21-19(20-3)22-16-10-11-18-23-17(5-2)24-25(18)13-16/h6-9,16H,4-5,10-13H2,1-3H3,(H2,20,21,22). The molecule has 2 heterocycles. The SMILES string of the molecule is CCc1nc2n(n1)CC(NC(=NC)NCc1ccccc1CC)CC2. The van der Waals surface area contributed by atoms with Crippen LogP contribution in [0.1, 0.15) is 43.0 Å². The molecule has 0 saturated heterocycles. The van der Waals surface area contributed by atoms with Gasteiger partial charge in [0.25, 0.3) is 0 Å². The van der Waals surface area contributed by atoms with Crippen LogP contribution < -0.4 is 10.6 Å². The van der Waals surface area contributed by atoms with Crippen molar-refractivity contribution in [3.05, 3.63) is 47.0 Å². The molecule has 134 valence electrons. The number of hydrogen-bond acceptors (Lipinski definition) is 3. The lowest BCUT2D eigenvalue weighted by molar-refractivity contribution is 0.392. The number of nitrogens with one attached hydrogen (secondary N) is 2. The number of rotatable bonds is 5. The van der Waals surface area contributed by atoms with Crippen molar-refractivity contribution in [2.75, 3.05) is 7.05 Å². The summed E-state index contributed by atoms with van der Waals surface area (Å²) in [4.78, 5) is 8.96. The molecule has 2 aromatic rings. The van der Waals surface area contributed by atoms with Crippen molar-refractivity contribution in [3.63, 3.8) is 0 Å². The molecule has 0 amide bonds. The molecule has 0 radical (unpaired) electrons. The topological polar surface area (TPSA) is 67.1 Å². The Hall–Kier alpha value is -2.37. The van der Waals surface area contributed by atoms with Crippen LogP contribution in [0.15, 0.2) is 29.3 Å². The number of aliphatic imine (C=N–C) groups is 1. The molecule has 1 aromatic heterocycles. The van der Waals surface area contributed by atoms with Gasteiger partial charge in [0.1, 0.15) is 5.82 Å². The molecule has 0 bridgehead atoms. The third-order valence-corrected chi connectivity index (χ3v) is 4.73. The Labute approximate surface area is 149 Å². The second-order valence-corrected chi connectivity index (χ2v) is 6.41. The molecule has 0 fully saturated rings. The summed E-state index contributed by atoms with van der Waals surface area (Å²) in [5, 5.41) is 11.5. The molecule has 0 spiro atoms. The fourth-order valence-corrected chi connectivity index (χ4v) is 3.27. The molecule has 1 atom stereocenters. The molecule has 25 heavy (non-hydrogen) atoms. The monoisotopic (exact) mass is 340 g/mol. The van der Waals surface area contributed by atoms with Gasteiger partial charge in [0.15, 0.2) is 11.8 Å². The van der Waals surface area contributed by atoms with Gasteiger partial charge in [-0.1, -0.05) is 38.1 Å². The van der Waals surface area contributed by atoms with Crippen molar-refractivity contribution < 1.29 is 0 Å². The van der Waals surface area contributed by atoms with Crippen LogP contribution in [-0.2, 0) is 32.4 Å². The first-order chi connectivity index (χ1) is 12.2. The molecular weight excluding hydrogens is 312 g/mol. The zero-order valence-corrected chi connectivity index (χ0v) is 15.4. The van der Waals surface area contributed by atoms with Gasteiger partial charge in [0, 0.05) is 32.5 Å². The van der Waals surface area contributed by atoms with Gasteiger partial charge in [-0.25, -0.2) is 9.67 Å². The second-order valence-electron chi connectivity index (χ2n) is 6.41. The molecule has 1 unspecified atom stereocenters. The average molecular weight is 340 g/mol. The van der Waals surface area contributed by atoms with Crippen molar-refractivity contribution in [3.8, 4) is 0 Å². The van der Waals surface area contributed by atoms with E-state index in [1.807, 2.05) is 11.7 Å². The van der Waals surface area contributed by atoms with Crippen molar-refractivity contribution in [2.24, 2.45) is 4.99 Å². The summed E-state index contributed by atoms with van der Waals surface area (Å²) in [7, 11) is 1.82. The molecule has 6 nitrogen and oxygen atoms in total. The average Bonchev–Trinajstić information content (AvgIpc) is 3.07. The summed E-state index contributed by atoms with van der Waals surface area (Å²) < 4.78 is 2.04. The number of aryl methyl sites for hydroxylation is 3. The van der Waals surface area contributed by atoms with Crippen molar-refractivity contribution >= 4 is 5.96 Å². The van der Waals surface area contributed by atoms with Crippen LogP contribution in [0.2, 0.25) is 0 Å². The van der Waals surface area contributed by atoms with Gasteiger partial charge in [-0.05, 0) is 24.0 Å². The molecule has 3 rings (SSSR count). The van der Waals surface area contributed by atoms with Gasteiger partial charge in [-0.2, -0.15) is 5.10 Å². The molecule has 1 aromatic carbocycles. The summed E-state index contributed by atoms with van der Waals surface area (Å²) in [5.41, 5.74) is 2.70. The summed E-state index contributed by atoms with van der Waals surface area (Å²) in [5.74, 6) is 2.89. The zero-order valence-electron chi connectivity index (χ0n) is 15.4. The minimum Gasteiger partial charge on any atom is -0.352 e. The van der Waals surface area contributed by atoms with Crippen LogP contribution in [0, 0.1) is 0 Å². The molecule has 2 N–H and O–H groups in total. The number of benzene rings is 1. The summed E-state index contributed by atoms with van der Waals surface area (Å²) in [6.45, 7) is 5.91. The first-order valence-corrected chi connectivity index (χ1v) is 9.20. The van der Waals surface area contributed by atoms with E-state index in [9.17, 15) is 0 Å². The predicted octanol–water partition coefficient (Wildman–Crippen LogP) is 2.08. The number of guanidine groups is 1. The predicted molar refractivity (Wildman–Crippen MR) is 101 cm³/mol. The van der Waals surface area contributed by atoms with Crippen LogP contribution in [0.5, 0.6) is 0 Å². The van der Waals surface area contributed by atoms with Crippen LogP contribution in [0.3, 0.4) is 0 Å². The maximum Gasteiger partial charge on any atom is 0.191 e. The van der Waals surface area contributed by atoms with Gasteiger partial charge in [0.2, 0.25) is 0 Å². The molecule has 0 aliphatic carbocycles. The number of nitrogens with zero attached hydrogens (tertiary/aromatic N) is 4. The quantitative estimate of drug-likeness (QED) is 0.646. The minimum atomic E-state index is 0.325. The zero-order chi connectivity index (χ0) is 17.6. The Morgan fingerprint density at radius 1 is 1.24 bits per heavy atom. The van der Waals surface area contributed by atoms with E-state index in [0.29, 0.717) is 6.04 Å². The largest absolute Gasteiger partial charge is 0.352 e. The van der Waals surface area contributed by atoms with E-state index in [4.69, 9.17) is 0 Å². The maximum atomic E-state index is 4.58. The van der Waals surface area contributed by atoms with Crippen LogP contribution in [0.25, 0.3) is 0 Å². The van der Waals surface area contributed by atoms with E-state index in [1.165, 1.54) is 11.1 Å². The minimum absolute atomic E-state index is 0.325. The highest BCUT2D eigenvalue weighted by Gasteiger charge is 2.22. The maximum absolute atomic E-state index is 4.58. The van der Waals surface area contributed by atoms with Gasteiger partial charge in [-0.15, -0.1) is 0 Å². The Bertz CT molecular complexity index is 733. The molecule has 1 aliphatic heterocycles. The van der Waals surface area contributed by atoms with Crippen LogP contribution >= 0.6 is 0 Å². The summed E-state index contributed by atoms with van der Waals surface area (Å²) >= 11 is 0. The van der Waals surface area contributed by atoms with Crippen molar-refractivity contribution in [1.29, 1.82) is 0 Å². The fourth-order valence-electron chi connectivity index (χ4n) is 3.27. The fraction of sp³-hybridized carbons (Fsp3) is 0.526. The van der Waals surface area contributed by atoms with Gasteiger partial charge >= 0.3 is 0 Å². The molecular formula is C19H28N6. The van der Waals surface area contributed by atoms with E-state index < -0.39 is 0 Å². The number of aromatic nitrogens is 3. The highest BCUT2D eigenvalue weighted by atomic mass is 15.4. The normalized spacial score (nSPS) is 17.2. The van der Waals surface area contributed by atoms with E-state index in [2.05, 4.69) is 63.8 Å². The number of hydrogen-bond donors (Lipinski definition) is 2. The highest BCUT2D eigenvalue weighted by molar-refractivity contribution is 5.80. The molecule has 6 heteroatoms. The molecule has 0 saturated carbocycles. The summed E-state index contributed by atoms with van der Waals surface area (Å²) in [6.07, 6.45) is 3.94. The lowest BCUT2D eigenvalue weighted by atomic mass is 10.1. The Balaban J connectivity index is 1.58. The Kier molecular flexibility index (Phi) is 5.68. The highest BCUT2D eigenvalue weighted by Crippen LogP contribution is 2.13. The third-order valence-electron chi connectivity index (χ3n) is 4.73. The number of fused-ring (bicyclic) bond motifs is 1. The first-order valence-electron chi connectivity index (χ1n) is 9.20. The van der Waals surface area contributed by atoms with Crippen molar-refractivity contribution in [1.82, 2.24) is 25.4 Å². The van der Waals surface area contributed by atoms with Gasteiger partial charge in [0.05, 0.1) is 6.54 Å². The first kappa shape index (κ1) is 17.5. The Morgan fingerprint density at radius 3 is 2.76 bits per heavy atom. The third kappa shape index (κ3) is 4.18. The van der Waals surface area contributed by atoms with E-state index in [0.717, 1.165) is 56.4 Å². The van der Waals surface area contributed by atoms with Crippen LogP contribution in [0.4, 0.5) is 0 Å². The Morgan fingerprint density at radius 2 is 2.04 bits per heavy atom. The lowest BCUT2D eigenvalue weighted by Crippen LogP contribution is -2.46.